The van der Waals surface area contributed by atoms with Crippen molar-refractivity contribution in [2.75, 3.05) is 18.1 Å². The van der Waals surface area contributed by atoms with Gasteiger partial charge in [0.15, 0.2) is 0 Å². The number of ketones is 1. The summed E-state index contributed by atoms with van der Waals surface area (Å²) in [4.78, 5) is 36.3. The number of ether oxygens (including phenoxy) is 1. The largest absolute Gasteiger partial charge is 0.466 e. The van der Waals surface area contributed by atoms with Crippen LogP contribution in [0.3, 0.4) is 0 Å². The second-order valence-electron chi connectivity index (χ2n) is 4.33. The SMILES string of the molecule is CCOC(=O)CCCN1C(=O)C(=O)c2cccc(Cl)c21. The van der Waals surface area contributed by atoms with E-state index in [2.05, 4.69) is 0 Å². The lowest BCUT2D eigenvalue weighted by atomic mass is 10.1. The fraction of sp³-hybridized carbons (Fsp3) is 0.357. The van der Waals surface area contributed by atoms with Crippen LogP contribution in [0, 0.1) is 0 Å². The van der Waals surface area contributed by atoms with Gasteiger partial charge in [-0.15, -0.1) is 0 Å². The van der Waals surface area contributed by atoms with Gasteiger partial charge in [-0.2, -0.15) is 0 Å². The van der Waals surface area contributed by atoms with Crippen LogP contribution >= 0.6 is 11.6 Å². The van der Waals surface area contributed by atoms with E-state index in [1.54, 1.807) is 25.1 Å². The summed E-state index contributed by atoms with van der Waals surface area (Å²) in [5.74, 6) is -1.47. The van der Waals surface area contributed by atoms with Crippen molar-refractivity contribution in [3.8, 4) is 0 Å². The number of amides is 1. The van der Waals surface area contributed by atoms with Crippen LogP contribution in [0.1, 0.15) is 30.1 Å². The first-order chi connectivity index (χ1) is 9.56. The summed E-state index contributed by atoms with van der Waals surface area (Å²) in [6, 6.07) is 4.84. The van der Waals surface area contributed by atoms with Gasteiger partial charge in [0, 0.05) is 13.0 Å². The van der Waals surface area contributed by atoms with Crippen molar-refractivity contribution in [3.63, 3.8) is 0 Å². The molecule has 0 atom stereocenters. The minimum atomic E-state index is -0.600. The second-order valence-corrected chi connectivity index (χ2v) is 4.74. The van der Waals surface area contributed by atoms with Crippen molar-refractivity contribution in [3.05, 3.63) is 28.8 Å². The van der Waals surface area contributed by atoms with Crippen LogP contribution in [0.25, 0.3) is 0 Å². The van der Waals surface area contributed by atoms with Gasteiger partial charge in [-0.3, -0.25) is 14.4 Å². The topological polar surface area (TPSA) is 63.7 Å². The van der Waals surface area contributed by atoms with E-state index >= 15 is 0 Å². The highest BCUT2D eigenvalue weighted by molar-refractivity contribution is 6.54. The molecule has 2 rings (SSSR count). The monoisotopic (exact) mass is 295 g/mol. The highest BCUT2D eigenvalue weighted by Crippen LogP contribution is 2.35. The fourth-order valence-corrected chi connectivity index (χ4v) is 2.42. The Bertz CT molecular complexity index is 570. The lowest BCUT2D eigenvalue weighted by Gasteiger charge is -2.17. The number of halogens is 1. The Labute approximate surface area is 121 Å². The third-order valence-corrected chi connectivity index (χ3v) is 3.31. The summed E-state index contributed by atoms with van der Waals surface area (Å²) in [6.45, 7) is 2.32. The first-order valence-electron chi connectivity index (χ1n) is 6.36. The molecule has 0 saturated heterocycles. The van der Waals surface area contributed by atoms with Gasteiger partial charge in [0.2, 0.25) is 0 Å². The van der Waals surface area contributed by atoms with E-state index in [1.165, 1.54) is 4.90 Å². The van der Waals surface area contributed by atoms with E-state index in [1.807, 2.05) is 0 Å². The number of para-hydroxylation sites is 1. The van der Waals surface area contributed by atoms with Gasteiger partial charge < -0.3 is 9.64 Å². The minimum absolute atomic E-state index is 0.200. The molecular weight excluding hydrogens is 282 g/mol. The molecule has 0 fully saturated rings. The van der Waals surface area contributed by atoms with Crippen molar-refractivity contribution in [2.45, 2.75) is 19.8 Å². The molecule has 0 aromatic heterocycles. The number of fused-ring (bicyclic) bond motifs is 1. The molecule has 0 aliphatic carbocycles. The predicted octanol–water partition coefficient (Wildman–Crippen LogP) is 2.21. The Morgan fingerprint density at radius 3 is 2.80 bits per heavy atom. The van der Waals surface area contributed by atoms with Gasteiger partial charge in [-0.1, -0.05) is 17.7 Å². The Kier molecular flexibility index (Phi) is 4.39. The molecule has 1 aliphatic rings. The van der Waals surface area contributed by atoms with Crippen molar-refractivity contribution in [1.82, 2.24) is 0 Å². The minimum Gasteiger partial charge on any atom is -0.466 e. The van der Waals surface area contributed by atoms with Crippen LogP contribution in [-0.4, -0.2) is 30.8 Å². The summed E-state index contributed by atoms with van der Waals surface area (Å²) < 4.78 is 4.81. The molecule has 1 aromatic rings. The zero-order chi connectivity index (χ0) is 14.7. The molecule has 1 aliphatic heterocycles. The Morgan fingerprint density at radius 2 is 2.10 bits per heavy atom. The van der Waals surface area contributed by atoms with Crippen molar-refractivity contribution in [2.24, 2.45) is 0 Å². The zero-order valence-corrected chi connectivity index (χ0v) is 11.8. The van der Waals surface area contributed by atoms with E-state index in [4.69, 9.17) is 16.3 Å². The smallest absolute Gasteiger partial charge is 0.305 e. The predicted molar refractivity (Wildman–Crippen MR) is 74.0 cm³/mol. The lowest BCUT2D eigenvalue weighted by molar-refractivity contribution is -0.143. The number of carbonyl (C=O) groups is 3. The van der Waals surface area contributed by atoms with Crippen LogP contribution in [0.15, 0.2) is 18.2 Å². The van der Waals surface area contributed by atoms with Crippen LogP contribution in [-0.2, 0) is 14.3 Å². The van der Waals surface area contributed by atoms with Gasteiger partial charge in [0.05, 0.1) is 22.9 Å². The number of anilines is 1. The number of rotatable bonds is 5. The molecule has 1 heterocycles. The van der Waals surface area contributed by atoms with Gasteiger partial charge in [-0.05, 0) is 25.5 Å². The third kappa shape index (κ3) is 2.67. The highest BCUT2D eigenvalue weighted by atomic mass is 35.5. The van der Waals surface area contributed by atoms with Crippen LogP contribution in [0.5, 0.6) is 0 Å². The maximum absolute atomic E-state index is 11.9. The molecule has 0 spiro atoms. The third-order valence-electron chi connectivity index (χ3n) is 3.01. The summed E-state index contributed by atoms with van der Waals surface area (Å²) in [7, 11) is 0. The normalized spacial score (nSPS) is 13.6. The lowest BCUT2D eigenvalue weighted by Crippen LogP contribution is -2.31. The maximum Gasteiger partial charge on any atom is 0.305 e. The van der Waals surface area contributed by atoms with Gasteiger partial charge in [-0.25, -0.2) is 0 Å². The Balaban J connectivity index is 2.08. The fourth-order valence-electron chi connectivity index (χ4n) is 2.14. The first-order valence-corrected chi connectivity index (χ1v) is 6.74. The highest BCUT2D eigenvalue weighted by Gasteiger charge is 2.36. The first kappa shape index (κ1) is 14.5. The number of Topliss-reactive ketones (excluding diaryl/α,β-unsaturated/α-hetero) is 1. The molecule has 0 saturated carbocycles. The van der Waals surface area contributed by atoms with Crippen LogP contribution in [0.4, 0.5) is 5.69 Å². The summed E-state index contributed by atoms with van der Waals surface area (Å²) in [5.41, 5.74) is 0.756. The van der Waals surface area contributed by atoms with Gasteiger partial charge >= 0.3 is 5.97 Å². The average Bonchev–Trinajstić information content (AvgIpc) is 2.66. The molecule has 0 unspecified atom stereocenters. The summed E-state index contributed by atoms with van der Waals surface area (Å²) in [5, 5.41) is 0.359. The van der Waals surface area contributed by atoms with E-state index < -0.39 is 11.7 Å². The molecule has 5 nitrogen and oxygen atoms in total. The van der Waals surface area contributed by atoms with Crippen molar-refractivity contribution >= 4 is 34.9 Å². The molecule has 0 bridgehead atoms. The second kappa shape index (κ2) is 6.05. The Morgan fingerprint density at radius 1 is 1.35 bits per heavy atom. The molecule has 106 valence electrons. The number of carbonyl (C=O) groups excluding carboxylic acids is 3. The van der Waals surface area contributed by atoms with E-state index in [9.17, 15) is 14.4 Å². The number of hydrogen-bond donors (Lipinski definition) is 0. The van der Waals surface area contributed by atoms with E-state index in [-0.39, 0.29) is 18.9 Å². The molecule has 0 radical (unpaired) electrons. The zero-order valence-electron chi connectivity index (χ0n) is 11.0. The van der Waals surface area contributed by atoms with Crippen molar-refractivity contribution in [1.29, 1.82) is 0 Å². The average molecular weight is 296 g/mol. The van der Waals surface area contributed by atoms with E-state index in [0.29, 0.717) is 29.3 Å². The van der Waals surface area contributed by atoms with Crippen molar-refractivity contribution < 1.29 is 19.1 Å². The molecule has 6 heteroatoms. The van der Waals surface area contributed by atoms with E-state index in [0.717, 1.165) is 0 Å². The van der Waals surface area contributed by atoms with Crippen LogP contribution < -0.4 is 4.90 Å². The molecular formula is C14H14ClNO4. The number of nitrogens with zero attached hydrogens (tertiary/aromatic N) is 1. The van der Waals surface area contributed by atoms with Gasteiger partial charge in [0.25, 0.3) is 11.7 Å². The molecule has 0 N–H and O–H groups in total. The quantitative estimate of drug-likeness (QED) is 0.617. The summed E-state index contributed by atoms with van der Waals surface area (Å²) >= 11 is 6.05. The standard InChI is InChI=1S/C14H14ClNO4/c1-2-20-11(17)7-4-8-16-12-9(13(18)14(16)19)5-3-6-10(12)15/h3,5-6H,2,4,7-8H2,1H3. The van der Waals surface area contributed by atoms with Gasteiger partial charge in [0.1, 0.15) is 0 Å². The number of esters is 1. The van der Waals surface area contributed by atoms with Crippen LogP contribution in [0.2, 0.25) is 5.02 Å². The number of hydrogen-bond acceptors (Lipinski definition) is 4. The summed E-state index contributed by atoms with van der Waals surface area (Å²) in [6.07, 6.45) is 0.619. The molecule has 1 amide bonds. The molecule has 20 heavy (non-hydrogen) atoms. The Hall–Kier alpha value is -1.88. The number of benzene rings is 1. The molecule has 1 aromatic carbocycles. The maximum atomic E-state index is 11.9.